The minimum atomic E-state index is -4.50. The van der Waals surface area contributed by atoms with E-state index in [-0.39, 0.29) is 0 Å². The van der Waals surface area contributed by atoms with Crippen LogP contribution in [0.2, 0.25) is 0 Å². The molecule has 1 aromatic carbocycles. The molecule has 0 aliphatic carbocycles. The van der Waals surface area contributed by atoms with Gasteiger partial charge in [0.2, 0.25) is 5.97 Å². The van der Waals surface area contributed by atoms with Crippen LogP contribution in [0.1, 0.15) is 10.4 Å². The van der Waals surface area contributed by atoms with Crippen LogP contribution in [0.25, 0.3) is 0 Å². The number of carbonyl (C=O) groups is 1. The molecule has 1 amide bonds. The quantitative estimate of drug-likeness (QED) is 0.531. The second-order valence-electron chi connectivity index (χ2n) is 3.02. The van der Waals surface area contributed by atoms with Crippen LogP contribution in [0.5, 0.6) is 0 Å². The maximum absolute atomic E-state index is 11.5. The highest BCUT2D eigenvalue weighted by atomic mass is 31.2. The van der Waals surface area contributed by atoms with Crippen molar-refractivity contribution in [3.63, 3.8) is 0 Å². The fourth-order valence-corrected chi connectivity index (χ4v) is 1.63. The van der Waals surface area contributed by atoms with Crippen molar-refractivity contribution in [2.45, 2.75) is 5.97 Å². The van der Waals surface area contributed by atoms with E-state index >= 15 is 0 Å². The first-order valence-electron chi connectivity index (χ1n) is 4.39. The highest BCUT2D eigenvalue weighted by Crippen LogP contribution is 2.39. The fourth-order valence-electron chi connectivity index (χ4n) is 1.07. The van der Waals surface area contributed by atoms with Crippen LogP contribution in [0.3, 0.4) is 0 Å². The Labute approximate surface area is 92.4 Å². The third-order valence-corrected chi connectivity index (χ3v) is 2.77. The third-order valence-electron chi connectivity index (χ3n) is 1.82. The van der Waals surface area contributed by atoms with Crippen LogP contribution in [0.15, 0.2) is 30.3 Å². The molecule has 6 nitrogen and oxygen atoms in total. The van der Waals surface area contributed by atoms with Crippen LogP contribution in [0, 0.1) is 0 Å². The number of methoxy groups -OCH3 is 1. The molecule has 1 unspecified atom stereocenters. The smallest absolute Gasteiger partial charge is 0.351 e. The van der Waals surface area contributed by atoms with Crippen molar-refractivity contribution in [1.82, 2.24) is 5.32 Å². The molecule has 7 heteroatoms. The second kappa shape index (κ2) is 5.23. The summed E-state index contributed by atoms with van der Waals surface area (Å²) in [5.41, 5.74) is 0.304. The van der Waals surface area contributed by atoms with Crippen LogP contribution in [-0.2, 0) is 9.30 Å². The van der Waals surface area contributed by atoms with Crippen molar-refractivity contribution in [3.05, 3.63) is 35.9 Å². The van der Waals surface area contributed by atoms with Crippen LogP contribution in [0.4, 0.5) is 0 Å². The van der Waals surface area contributed by atoms with E-state index in [4.69, 9.17) is 9.79 Å². The molecular weight excluding hydrogens is 233 g/mol. The van der Waals surface area contributed by atoms with Crippen molar-refractivity contribution < 1.29 is 23.9 Å². The van der Waals surface area contributed by atoms with E-state index in [1.165, 1.54) is 12.1 Å². The van der Waals surface area contributed by atoms with Crippen molar-refractivity contribution in [3.8, 4) is 0 Å². The SMILES string of the molecule is COC(NC(=O)c1ccccc1)P(=O)(O)O. The highest BCUT2D eigenvalue weighted by Gasteiger charge is 2.30. The summed E-state index contributed by atoms with van der Waals surface area (Å²) in [6.45, 7) is 0. The molecule has 0 aliphatic rings. The topological polar surface area (TPSA) is 95.9 Å². The molecule has 0 aliphatic heterocycles. The Morgan fingerprint density at radius 2 is 1.94 bits per heavy atom. The lowest BCUT2D eigenvalue weighted by molar-refractivity contribution is 0.0746. The Bertz CT molecular complexity index is 402. The van der Waals surface area contributed by atoms with Gasteiger partial charge in [-0.3, -0.25) is 9.36 Å². The lowest BCUT2D eigenvalue weighted by Gasteiger charge is -2.17. The number of hydrogen-bond donors (Lipinski definition) is 3. The van der Waals surface area contributed by atoms with E-state index in [0.29, 0.717) is 5.56 Å². The van der Waals surface area contributed by atoms with Gasteiger partial charge in [-0.05, 0) is 12.1 Å². The van der Waals surface area contributed by atoms with Crippen LogP contribution in [-0.4, -0.2) is 28.8 Å². The van der Waals surface area contributed by atoms with E-state index in [9.17, 15) is 9.36 Å². The Hall–Kier alpha value is -1.20. The standard InChI is InChI=1S/C9H12NO5P/c1-15-9(16(12,13)14)10-8(11)7-5-3-2-4-6-7/h2-6,9H,1H3,(H,10,11)(H2,12,13,14). The van der Waals surface area contributed by atoms with Gasteiger partial charge in [0.05, 0.1) is 0 Å². The van der Waals surface area contributed by atoms with Crippen LogP contribution < -0.4 is 5.32 Å². The lowest BCUT2D eigenvalue weighted by atomic mass is 10.2. The summed E-state index contributed by atoms with van der Waals surface area (Å²) >= 11 is 0. The molecule has 0 fully saturated rings. The summed E-state index contributed by atoms with van der Waals surface area (Å²) in [5, 5.41) is 2.10. The number of hydrogen-bond acceptors (Lipinski definition) is 3. The first kappa shape index (κ1) is 12.9. The molecule has 3 N–H and O–H groups in total. The molecule has 0 heterocycles. The van der Waals surface area contributed by atoms with Gasteiger partial charge in [0.1, 0.15) is 0 Å². The Kier molecular flexibility index (Phi) is 4.20. The summed E-state index contributed by atoms with van der Waals surface area (Å²) in [7, 11) is -3.40. The highest BCUT2D eigenvalue weighted by molar-refractivity contribution is 7.52. The number of carbonyl (C=O) groups excluding carboxylic acids is 1. The third kappa shape index (κ3) is 3.43. The first-order valence-corrected chi connectivity index (χ1v) is 6.07. The van der Waals surface area contributed by atoms with Crippen LogP contribution >= 0.6 is 7.60 Å². The van der Waals surface area contributed by atoms with E-state index < -0.39 is 19.5 Å². The summed E-state index contributed by atoms with van der Waals surface area (Å²) in [4.78, 5) is 29.2. The maximum Gasteiger partial charge on any atom is 0.374 e. The van der Waals surface area contributed by atoms with Gasteiger partial charge in [0.25, 0.3) is 5.91 Å². The van der Waals surface area contributed by atoms with Crippen molar-refractivity contribution in [1.29, 1.82) is 0 Å². The average molecular weight is 245 g/mol. The zero-order valence-corrected chi connectivity index (χ0v) is 9.42. The van der Waals surface area contributed by atoms with Crippen molar-refractivity contribution in [2.24, 2.45) is 0 Å². The Morgan fingerprint density at radius 3 is 2.38 bits per heavy atom. The van der Waals surface area contributed by atoms with Crippen molar-refractivity contribution >= 4 is 13.5 Å². The van der Waals surface area contributed by atoms with E-state index in [0.717, 1.165) is 7.11 Å². The number of benzene rings is 1. The van der Waals surface area contributed by atoms with Gasteiger partial charge in [-0.1, -0.05) is 18.2 Å². The number of rotatable bonds is 4. The van der Waals surface area contributed by atoms with E-state index in [1.54, 1.807) is 18.2 Å². The summed E-state index contributed by atoms with van der Waals surface area (Å²) in [6.07, 6.45) is 0. The molecule has 1 rings (SSSR count). The Morgan fingerprint density at radius 1 is 1.38 bits per heavy atom. The molecular formula is C9H12NO5P. The first-order chi connectivity index (χ1) is 7.45. The molecule has 0 radical (unpaired) electrons. The molecule has 88 valence electrons. The zero-order chi connectivity index (χ0) is 12.2. The van der Waals surface area contributed by atoms with Gasteiger partial charge in [-0.25, -0.2) is 0 Å². The maximum atomic E-state index is 11.5. The summed E-state index contributed by atoms with van der Waals surface area (Å²) in [6, 6.07) is 8.08. The second-order valence-corrected chi connectivity index (χ2v) is 4.66. The predicted octanol–water partition coefficient (Wildman–Crippen LogP) is 0.524. The van der Waals surface area contributed by atoms with Gasteiger partial charge in [-0.15, -0.1) is 0 Å². The summed E-state index contributed by atoms with van der Waals surface area (Å²) in [5.74, 6) is -2.23. The van der Waals surface area contributed by atoms with Gasteiger partial charge in [0, 0.05) is 12.7 Å². The van der Waals surface area contributed by atoms with Gasteiger partial charge in [-0.2, -0.15) is 0 Å². The zero-order valence-electron chi connectivity index (χ0n) is 8.53. The van der Waals surface area contributed by atoms with E-state index in [1.807, 2.05) is 0 Å². The number of amides is 1. The fraction of sp³-hybridized carbons (Fsp3) is 0.222. The monoisotopic (exact) mass is 245 g/mol. The van der Waals surface area contributed by atoms with Gasteiger partial charge < -0.3 is 19.8 Å². The lowest BCUT2D eigenvalue weighted by Crippen LogP contribution is -2.35. The molecule has 0 saturated carbocycles. The van der Waals surface area contributed by atoms with Gasteiger partial charge >= 0.3 is 7.60 Å². The normalized spacial score (nSPS) is 13.2. The van der Waals surface area contributed by atoms with Gasteiger partial charge in [0.15, 0.2) is 0 Å². The average Bonchev–Trinajstić information content (AvgIpc) is 2.25. The molecule has 0 bridgehead atoms. The number of nitrogens with one attached hydrogen (secondary N) is 1. The predicted molar refractivity (Wildman–Crippen MR) is 56.7 cm³/mol. The molecule has 0 spiro atoms. The number of ether oxygens (including phenoxy) is 1. The molecule has 0 saturated heterocycles. The minimum Gasteiger partial charge on any atom is -0.351 e. The van der Waals surface area contributed by atoms with Crippen molar-refractivity contribution in [2.75, 3.05) is 7.11 Å². The molecule has 1 atom stereocenters. The molecule has 16 heavy (non-hydrogen) atoms. The molecule has 1 aromatic rings. The largest absolute Gasteiger partial charge is 0.374 e. The minimum absolute atomic E-state index is 0.304. The summed E-state index contributed by atoms with van der Waals surface area (Å²) < 4.78 is 15.4. The Balaban J connectivity index is 2.75. The molecule has 0 aromatic heterocycles. The van der Waals surface area contributed by atoms with E-state index in [2.05, 4.69) is 10.1 Å².